The van der Waals surface area contributed by atoms with E-state index in [1.165, 1.54) is 154 Å². The molecule has 0 saturated carbocycles. The molecule has 5 heterocycles. The van der Waals surface area contributed by atoms with Gasteiger partial charge in [0.25, 0.3) is 0 Å². The molecular weight excluding hydrogens is 918 g/mol. The summed E-state index contributed by atoms with van der Waals surface area (Å²) in [5.41, 5.74) is 28.9. The molecule has 0 N–H and O–H groups in total. The molecule has 9 aromatic rings. The van der Waals surface area contributed by atoms with Crippen LogP contribution in [0.5, 0.6) is 0 Å². The smallest absolute Gasteiger partial charge is 0.266 e. The molecule has 0 radical (unpaired) electrons. The molecule has 8 aromatic carbocycles. The predicted octanol–water partition coefficient (Wildman–Crippen LogP) is 16.1. The molecule has 0 saturated heterocycles. The van der Waals surface area contributed by atoms with E-state index in [9.17, 15) is 0 Å². The summed E-state index contributed by atoms with van der Waals surface area (Å²) < 4.78 is 4.70. The first-order valence-corrected chi connectivity index (χ1v) is 29.0. The van der Waals surface area contributed by atoms with Crippen LogP contribution in [-0.2, 0) is 0 Å². The van der Waals surface area contributed by atoms with Crippen LogP contribution >= 0.6 is 0 Å². The Morgan fingerprint density at radius 2 is 0.789 bits per heavy atom. The monoisotopic (exact) mass is 991 g/mol. The summed E-state index contributed by atoms with van der Waals surface area (Å²) >= 11 is 0. The Morgan fingerprint density at radius 1 is 0.421 bits per heavy atom. The highest BCUT2D eigenvalue weighted by Crippen LogP contribution is 2.63. The van der Waals surface area contributed by atoms with E-state index >= 15 is 4.79 Å². The lowest BCUT2D eigenvalue weighted by atomic mass is 9.33. The predicted molar refractivity (Wildman–Crippen MR) is 329 cm³/mol. The van der Waals surface area contributed by atoms with Gasteiger partial charge in [0.15, 0.2) is 0 Å². The molecule has 0 unspecified atom stereocenters. The van der Waals surface area contributed by atoms with Crippen molar-refractivity contribution in [2.45, 2.75) is 147 Å². The Morgan fingerprint density at radius 3 is 1.14 bits per heavy atom. The molecule has 0 amide bonds. The van der Waals surface area contributed by atoms with Gasteiger partial charge in [-0.2, -0.15) is 0 Å². The largest absolute Gasteiger partial charge is 0.337 e. The van der Waals surface area contributed by atoms with Gasteiger partial charge in [-0.3, -0.25) is 9.13 Å². The molecule has 3 nitrogen and oxygen atoms in total. The van der Waals surface area contributed by atoms with E-state index < -0.39 is 0 Å². The molecule has 6 aliphatic rings. The van der Waals surface area contributed by atoms with Crippen LogP contribution in [-0.4, -0.2) is 22.6 Å². The second-order valence-corrected chi connectivity index (χ2v) is 28.4. The zero-order valence-corrected chi connectivity index (χ0v) is 47.9. The third kappa shape index (κ3) is 5.46. The van der Waals surface area contributed by atoms with Crippen molar-refractivity contribution in [3.05, 3.63) is 141 Å². The summed E-state index contributed by atoms with van der Waals surface area (Å²) in [4.78, 5) is 17.1. The third-order valence-electron chi connectivity index (χ3n) is 20.3. The number of benzene rings is 7. The van der Waals surface area contributed by atoms with E-state index in [4.69, 9.17) is 0 Å². The van der Waals surface area contributed by atoms with Crippen LogP contribution < -0.4 is 27.5 Å². The first kappa shape index (κ1) is 46.9. The van der Waals surface area contributed by atoms with Gasteiger partial charge in [0.1, 0.15) is 0 Å². The fourth-order valence-corrected chi connectivity index (χ4v) is 18.4. The summed E-state index contributed by atoms with van der Waals surface area (Å²) in [6.45, 7) is 38.5. The molecule has 378 valence electrons. The Hall–Kier alpha value is -6.32. The molecule has 0 spiro atoms. The highest BCUT2D eigenvalue weighted by molar-refractivity contribution is 7.00. The maximum atomic E-state index is 17.1. The normalized spacial score (nSPS) is 18.7. The molecule has 0 fully saturated rings. The van der Waals surface area contributed by atoms with Gasteiger partial charge in [0.05, 0.1) is 11.0 Å². The topological polar surface area (TPSA) is 26.9 Å². The lowest BCUT2D eigenvalue weighted by Crippen LogP contribution is -2.53. The van der Waals surface area contributed by atoms with Crippen molar-refractivity contribution < 1.29 is 0 Å². The fraction of sp³-hybridized carbons (Fsp3) is 0.366. The van der Waals surface area contributed by atoms with Gasteiger partial charge in [-0.25, -0.2) is 4.79 Å². The van der Waals surface area contributed by atoms with Gasteiger partial charge in [0.2, 0.25) is 13.4 Å². The van der Waals surface area contributed by atoms with Gasteiger partial charge >= 0.3 is 5.69 Å². The Balaban J connectivity index is 1.19. The van der Waals surface area contributed by atoms with Gasteiger partial charge in [-0.05, 0) is 159 Å². The van der Waals surface area contributed by atoms with Gasteiger partial charge in [-0.1, -0.05) is 218 Å². The van der Waals surface area contributed by atoms with Crippen molar-refractivity contribution in [3.8, 4) is 44.5 Å². The zero-order valence-electron chi connectivity index (χ0n) is 47.9. The average Bonchev–Trinajstić information content (AvgIpc) is 3.65. The standard InChI is InChI=1S/C71H72B2N2O/c1-35(2)41-23-19-24-42(36(3)4)51(41)39-27-29-49-47(31-39)55-53-45-21-17-18-22-46(45)54-56-48-32-40(52-43(37(5)6)25-20-26-44(52)38(7)8)28-30-50(48)73-60(56)62-58(57(53)54)61-59(55)72(49)63-65(70(13,14)33-68(63,9)10)74(61)67(76)75(62)66-64(73)69(11,12)34-71(66,15)16/h17-32,35-38H,33-34H2,1-16H3. The SMILES string of the molecule is CC(C)c1cccc(C(C)C)c1-c1ccc2c(c1)-c1c3c4c5c6c1c1ccccc1c6c1c6c5n(c(=O)n4C4=C(B23)C(C)(C)CC4(C)C)C2=C(B6c3ccc(-c4c(C(C)C)cccc4C(C)C)cc3-1)C(C)(C)CC2(C)C. The van der Waals surface area contributed by atoms with E-state index in [0.717, 1.165) is 12.8 Å². The molecule has 0 atom stereocenters. The number of aromatic nitrogens is 2. The number of hydrogen-bond donors (Lipinski definition) is 0. The minimum atomic E-state index is -0.254. The molecule has 2 aliphatic carbocycles. The third-order valence-corrected chi connectivity index (χ3v) is 20.3. The van der Waals surface area contributed by atoms with Gasteiger partial charge < -0.3 is 0 Å². The summed E-state index contributed by atoms with van der Waals surface area (Å²) in [7, 11) is 0. The molecule has 4 aliphatic heterocycles. The Labute approximate surface area is 451 Å². The van der Waals surface area contributed by atoms with Crippen LogP contribution in [0.15, 0.2) is 113 Å². The van der Waals surface area contributed by atoms with Crippen LogP contribution in [0.25, 0.3) is 99.3 Å². The summed E-state index contributed by atoms with van der Waals surface area (Å²) in [5, 5.41) is 8.03. The minimum Gasteiger partial charge on any atom is -0.266 e. The minimum absolute atomic E-state index is 0.0330. The van der Waals surface area contributed by atoms with Crippen molar-refractivity contribution in [3.63, 3.8) is 0 Å². The molecule has 1 aromatic heterocycles. The molecule has 5 heteroatoms. The van der Waals surface area contributed by atoms with E-state index in [2.05, 4.69) is 217 Å². The number of fused-ring (bicyclic) bond motifs is 15. The van der Waals surface area contributed by atoms with Crippen molar-refractivity contribution in [2.75, 3.05) is 0 Å². The quantitative estimate of drug-likeness (QED) is 0.153. The average molecular weight is 991 g/mol. The second-order valence-electron chi connectivity index (χ2n) is 28.4. The van der Waals surface area contributed by atoms with E-state index in [1.54, 1.807) is 0 Å². The van der Waals surface area contributed by atoms with Crippen molar-refractivity contribution in [1.29, 1.82) is 0 Å². The van der Waals surface area contributed by atoms with Gasteiger partial charge in [0, 0.05) is 33.0 Å². The maximum Gasteiger partial charge on any atom is 0.337 e. The zero-order chi connectivity index (χ0) is 53.1. The van der Waals surface area contributed by atoms with Crippen LogP contribution in [0, 0.1) is 21.7 Å². The maximum absolute atomic E-state index is 17.1. The summed E-state index contributed by atoms with van der Waals surface area (Å²) in [6.07, 6.45) is 1.96. The van der Waals surface area contributed by atoms with Crippen LogP contribution in [0.3, 0.4) is 0 Å². The van der Waals surface area contributed by atoms with Crippen molar-refractivity contribution in [2.24, 2.45) is 21.7 Å². The number of nitrogens with zero attached hydrogens (tertiary/aromatic N) is 2. The molecule has 76 heavy (non-hydrogen) atoms. The number of rotatable bonds is 6. The summed E-state index contributed by atoms with van der Waals surface area (Å²) in [6, 6.07) is 38.6. The number of hydrogen-bond acceptors (Lipinski definition) is 1. The first-order valence-electron chi connectivity index (χ1n) is 29.0. The summed E-state index contributed by atoms with van der Waals surface area (Å²) in [5.74, 6) is 1.48. The van der Waals surface area contributed by atoms with E-state index in [-0.39, 0.29) is 40.8 Å². The van der Waals surface area contributed by atoms with Crippen LogP contribution in [0.2, 0.25) is 0 Å². The lowest BCUT2D eigenvalue weighted by Gasteiger charge is -2.38. The van der Waals surface area contributed by atoms with Gasteiger partial charge in [-0.15, -0.1) is 0 Å². The second kappa shape index (κ2) is 14.6. The Kier molecular flexibility index (Phi) is 9.03. The highest BCUT2D eigenvalue weighted by atomic mass is 16.1. The fourth-order valence-electron chi connectivity index (χ4n) is 18.4. The van der Waals surface area contributed by atoms with E-state index in [1.807, 2.05) is 0 Å². The van der Waals surface area contributed by atoms with Crippen molar-refractivity contribution in [1.82, 2.24) is 9.13 Å². The van der Waals surface area contributed by atoms with Crippen molar-refractivity contribution >= 4 is 90.0 Å². The van der Waals surface area contributed by atoms with Crippen LogP contribution in [0.1, 0.15) is 170 Å². The highest BCUT2D eigenvalue weighted by Gasteiger charge is 2.59. The van der Waals surface area contributed by atoms with E-state index in [0.29, 0.717) is 23.7 Å². The first-order chi connectivity index (χ1) is 36.0. The van der Waals surface area contributed by atoms with Crippen LogP contribution in [0.4, 0.5) is 0 Å². The molecule has 0 bridgehead atoms. The number of allylic oxidation sites excluding steroid dienone is 4. The molecule has 15 rings (SSSR count). The lowest BCUT2D eigenvalue weighted by molar-refractivity contribution is 0.330. The Bertz CT molecular complexity index is 4000. The molecular formula is C71H72B2N2O.